The first kappa shape index (κ1) is 15.5. The van der Waals surface area contributed by atoms with E-state index < -0.39 is 10.0 Å². The van der Waals surface area contributed by atoms with Crippen LogP contribution in [0.4, 0.5) is 0 Å². The van der Waals surface area contributed by atoms with Crippen LogP contribution in [0.5, 0.6) is 0 Å². The molecule has 0 bridgehead atoms. The molecule has 0 radical (unpaired) electrons. The van der Waals surface area contributed by atoms with E-state index in [0.717, 1.165) is 12.8 Å². The predicted octanol–water partition coefficient (Wildman–Crippen LogP) is 1.04. The third-order valence-electron chi connectivity index (χ3n) is 4.32. The van der Waals surface area contributed by atoms with Crippen LogP contribution in [0, 0.1) is 19.8 Å². The van der Waals surface area contributed by atoms with Crippen molar-refractivity contribution >= 4 is 10.0 Å². The zero-order valence-corrected chi connectivity index (χ0v) is 13.4. The maximum absolute atomic E-state index is 12.7. The lowest BCUT2D eigenvalue weighted by molar-refractivity contribution is 0.236. The minimum atomic E-state index is -3.42. The van der Waals surface area contributed by atoms with E-state index in [1.165, 1.54) is 0 Å². The molecule has 1 aromatic heterocycles. The van der Waals surface area contributed by atoms with Gasteiger partial charge in [-0.25, -0.2) is 8.42 Å². The summed E-state index contributed by atoms with van der Waals surface area (Å²) in [6.45, 7) is 6.81. The Balaban J connectivity index is 2.14. The molecule has 2 N–H and O–H groups in total. The Morgan fingerprint density at radius 2 is 1.95 bits per heavy atom. The molecule has 1 saturated heterocycles. The fourth-order valence-electron chi connectivity index (χ4n) is 2.90. The normalized spacial score (nSPS) is 20.2. The number of aromatic amines is 1. The van der Waals surface area contributed by atoms with Gasteiger partial charge in [0.25, 0.3) is 0 Å². The van der Waals surface area contributed by atoms with Gasteiger partial charge in [-0.2, -0.15) is 9.40 Å². The molecular weight excluding hydrogens is 276 g/mol. The second-order valence-corrected chi connectivity index (χ2v) is 7.46. The minimum absolute atomic E-state index is 0.345. The summed E-state index contributed by atoms with van der Waals surface area (Å²) in [6, 6.07) is 0.428. The summed E-state index contributed by atoms with van der Waals surface area (Å²) in [4.78, 5) is 0.345. The zero-order chi connectivity index (χ0) is 14.9. The van der Waals surface area contributed by atoms with Crippen LogP contribution in [0.3, 0.4) is 0 Å². The number of nitrogens with one attached hydrogen (secondary N) is 2. The first-order valence-electron chi connectivity index (χ1n) is 7.07. The van der Waals surface area contributed by atoms with Crippen molar-refractivity contribution in [3.05, 3.63) is 11.4 Å². The molecule has 2 heterocycles. The largest absolute Gasteiger partial charge is 0.317 e. The lowest BCUT2D eigenvalue weighted by Crippen LogP contribution is -2.43. The second kappa shape index (κ2) is 5.83. The van der Waals surface area contributed by atoms with Crippen molar-refractivity contribution in [3.8, 4) is 0 Å². The third kappa shape index (κ3) is 2.75. The van der Waals surface area contributed by atoms with Crippen molar-refractivity contribution in [2.75, 3.05) is 20.1 Å². The van der Waals surface area contributed by atoms with E-state index in [9.17, 15) is 8.42 Å². The predicted molar refractivity (Wildman–Crippen MR) is 78.1 cm³/mol. The number of H-pyrrole nitrogens is 1. The molecule has 2 rings (SSSR count). The van der Waals surface area contributed by atoms with Crippen LogP contribution < -0.4 is 5.32 Å². The van der Waals surface area contributed by atoms with Crippen LogP contribution in [-0.4, -0.2) is 49.1 Å². The number of aryl methyl sites for hydroxylation is 2. The van der Waals surface area contributed by atoms with Crippen LogP contribution >= 0.6 is 0 Å². The van der Waals surface area contributed by atoms with Gasteiger partial charge in [0.05, 0.1) is 11.4 Å². The molecule has 0 aromatic carbocycles. The van der Waals surface area contributed by atoms with Gasteiger partial charge in [0.2, 0.25) is 10.0 Å². The highest BCUT2D eigenvalue weighted by Gasteiger charge is 2.33. The molecule has 1 aromatic rings. The highest BCUT2D eigenvalue weighted by molar-refractivity contribution is 7.89. The van der Waals surface area contributed by atoms with Crippen LogP contribution in [0.15, 0.2) is 4.90 Å². The highest BCUT2D eigenvalue weighted by atomic mass is 32.2. The van der Waals surface area contributed by atoms with Gasteiger partial charge in [-0.3, -0.25) is 5.10 Å². The van der Waals surface area contributed by atoms with E-state index in [1.54, 1.807) is 18.2 Å². The van der Waals surface area contributed by atoms with E-state index in [-0.39, 0.29) is 0 Å². The van der Waals surface area contributed by atoms with Crippen LogP contribution in [0.25, 0.3) is 0 Å². The molecule has 0 amide bonds. The average Bonchev–Trinajstić information content (AvgIpc) is 2.78. The summed E-state index contributed by atoms with van der Waals surface area (Å²) in [5, 5.41) is 10.00. The number of nitrogens with zero attached hydrogens (tertiary/aromatic N) is 2. The number of hydrogen-bond acceptors (Lipinski definition) is 4. The summed E-state index contributed by atoms with van der Waals surface area (Å²) in [7, 11) is -1.47. The van der Waals surface area contributed by atoms with E-state index in [4.69, 9.17) is 0 Å². The molecule has 1 fully saturated rings. The lowest BCUT2D eigenvalue weighted by Gasteiger charge is -2.34. The average molecular weight is 300 g/mol. The standard InChI is InChI=1S/C13H24N4O2S/c1-9(14-4)12-5-7-17(8-6-12)20(18,19)13-10(2)15-16-11(13)3/h9,12,14H,5-8H2,1-4H3,(H,15,16). The van der Waals surface area contributed by atoms with Crippen molar-refractivity contribution in [1.82, 2.24) is 19.8 Å². The summed E-state index contributed by atoms with van der Waals surface area (Å²) >= 11 is 0. The molecule has 1 unspecified atom stereocenters. The molecule has 0 aliphatic carbocycles. The summed E-state index contributed by atoms with van der Waals surface area (Å²) in [6.07, 6.45) is 1.80. The van der Waals surface area contributed by atoms with Crippen molar-refractivity contribution in [2.24, 2.45) is 5.92 Å². The Kier molecular flexibility index (Phi) is 4.51. The first-order chi connectivity index (χ1) is 9.37. The quantitative estimate of drug-likeness (QED) is 0.871. The van der Waals surface area contributed by atoms with E-state index >= 15 is 0 Å². The van der Waals surface area contributed by atoms with Crippen LogP contribution in [0.2, 0.25) is 0 Å². The SMILES string of the molecule is CNC(C)C1CCN(S(=O)(=O)c2c(C)n[nH]c2C)CC1. The van der Waals surface area contributed by atoms with Gasteiger partial charge in [-0.15, -0.1) is 0 Å². The second-order valence-electron chi connectivity index (χ2n) is 5.58. The van der Waals surface area contributed by atoms with Gasteiger partial charge in [0.1, 0.15) is 4.90 Å². The van der Waals surface area contributed by atoms with E-state index in [0.29, 0.717) is 41.3 Å². The van der Waals surface area contributed by atoms with Crippen molar-refractivity contribution in [1.29, 1.82) is 0 Å². The van der Waals surface area contributed by atoms with Gasteiger partial charge in [-0.1, -0.05) is 0 Å². The molecular formula is C13H24N4O2S. The Morgan fingerprint density at radius 1 is 1.35 bits per heavy atom. The van der Waals surface area contributed by atoms with Gasteiger partial charge in [-0.05, 0) is 46.6 Å². The Morgan fingerprint density at radius 3 is 2.40 bits per heavy atom. The molecule has 20 heavy (non-hydrogen) atoms. The van der Waals surface area contributed by atoms with E-state index in [2.05, 4.69) is 22.4 Å². The molecule has 0 saturated carbocycles. The summed E-state index contributed by atoms with van der Waals surface area (Å²) in [5.74, 6) is 0.540. The highest BCUT2D eigenvalue weighted by Crippen LogP contribution is 2.27. The molecule has 114 valence electrons. The van der Waals surface area contributed by atoms with Crippen molar-refractivity contribution < 1.29 is 8.42 Å². The zero-order valence-electron chi connectivity index (χ0n) is 12.6. The van der Waals surface area contributed by atoms with Gasteiger partial charge >= 0.3 is 0 Å². The molecule has 0 spiro atoms. The molecule has 6 nitrogen and oxygen atoms in total. The molecule has 1 aliphatic heterocycles. The minimum Gasteiger partial charge on any atom is -0.317 e. The molecule has 1 atom stereocenters. The van der Waals surface area contributed by atoms with Gasteiger partial charge < -0.3 is 5.32 Å². The number of rotatable bonds is 4. The maximum atomic E-state index is 12.7. The Bertz CT molecular complexity index is 539. The van der Waals surface area contributed by atoms with Crippen LogP contribution in [0.1, 0.15) is 31.2 Å². The monoisotopic (exact) mass is 300 g/mol. The smallest absolute Gasteiger partial charge is 0.246 e. The van der Waals surface area contributed by atoms with Gasteiger partial charge in [0.15, 0.2) is 0 Å². The Labute approximate surface area is 121 Å². The van der Waals surface area contributed by atoms with Crippen molar-refractivity contribution in [2.45, 2.75) is 44.6 Å². The van der Waals surface area contributed by atoms with Crippen molar-refractivity contribution in [3.63, 3.8) is 0 Å². The number of sulfonamides is 1. The third-order valence-corrected chi connectivity index (χ3v) is 6.48. The van der Waals surface area contributed by atoms with Gasteiger partial charge in [0, 0.05) is 19.1 Å². The fraction of sp³-hybridized carbons (Fsp3) is 0.769. The number of piperidine rings is 1. The summed E-state index contributed by atoms with van der Waals surface area (Å²) in [5.41, 5.74) is 1.17. The summed E-state index contributed by atoms with van der Waals surface area (Å²) < 4.78 is 27.0. The topological polar surface area (TPSA) is 78.1 Å². The Hall–Kier alpha value is -0.920. The lowest BCUT2D eigenvalue weighted by atomic mass is 9.91. The van der Waals surface area contributed by atoms with E-state index in [1.807, 2.05) is 7.05 Å². The number of hydrogen-bond donors (Lipinski definition) is 2. The number of aromatic nitrogens is 2. The fourth-order valence-corrected chi connectivity index (χ4v) is 4.70. The molecule has 7 heteroatoms. The molecule has 1 aliphatic rings. The first-order valence-corrected chi connectivity index (χ1v) is 8.51. The maximum Gasteiger partial charge on any atom is 0.246 e. The van der Waals surface area contributed by atoms with Crippen LogP contribution in [-0.2, 0) is 10.0 Å².